The molecule has 0 aromatic rings. The first-order valence-corrected chi connectivity index (χ1v) is 21.8. The molecule has 0 aromatic carbocycles. The van der Waals surface area contributed by atoms with Crippen LogP contribution in [0.1, 0.15) is 168 Å². The van der Waals surface area contributed by atoms with Crippen LogP contribution in [-0.4, -0.2) is 41.0 Å². The molecular weight excluding hydrogens is 675 g/mol. The summed E-state index contributed by atoms with van der Waals surface area (Å²) in [6, 6.07) is 0. The zero-order valence-electron chi connectivity index (χ0n) is 32.7. The molecule has 9 heteroatoms. The average molecular weight is 749 g/mol. The summed E-state index contributed by atoms with van der Waals surface area (Å²) in [4.78, 5) is 42.8. The molecule has 0 aromatic heterocycles. The van der Waals surface area contributed by atoms with Crippen molar-refractivity contribution >= 4 is 19.8 Å². The Morgan fingerprint density at radius 2 is 0.923 bits per heavy atom. The van der Waals surface area contributed by atoms with Crippen molar-refractivity contribution in [1.29, 1.82) is 0 Å². The predicted molar refractivity (Wildman–Crippen MR) is 216 cm³/mol. The lowest BCUT2D eigenvalue weighted by atomic mass is 10.1. The van der Waals surface area contributed by atoms with Crippen LogP contribution in [0.3, 0.4) is 0 Å². The molecule has 0 aliphatic rings. The third-order valence-electron chi connectivity index (χ3n) is 8.21. The van der Waals surface area contributed by atoms with E-state index >= 15 is 0 Å². The molecule has 0 radical (unpaired) electrons. The van der Waals surface area contributed by atoms with Gasteiger partial charge in [-0.05, 0) is 83.5 Å². The SMILES string of the molecule is CC/C=C/C/C=C/C/C=C/C/C=C/CCCCC(=O)OC[C@H](COP(=O)(O)O)OC(=O)CCCCCCCCCCC/C=C/C/C=C/CCCCC. The van der Waals surface area contributed by atoms with E-state index < -0.39 is 32.5 Å². The van der Waals surface area contributed by atoms with Crippen LogP contribution >= 0.6 is 7.82 Å². The Hall–Kier alpha value is -2.51. The Bertz CT molecular complexity index is 1070. The molecule has 0 aliphatic carbocycles. The highest BCUT2D eigenvalue weighted by molar-refractivity contribution is 7.46. The van der Waals surface area contributed by atoms with E-state index in [1.807, 2.05) is 0 Å². The van der Waals surface area contributed by atoms with E-state index in [0.717, 1.165) is 70.6 Å². The second-order valence-corrected chi connectivity index (χ2v) is 14.5. The van der Waals surface area contributed by atoms with E-state index in [-0.39, 0.29) is 19.4 Å². The molecule has 2 N–H and O–H groups in total. The number of phosphoric ester groups is 1. The van der Waals surface area contributed by atoms with Gasteiger partial charge in [0.2, 0.25) is 0 Å². The highest BCUT2D eigenvalue weighted by atomic mass is 31.2. The van der Waals surface area contributed by atoms with Gasteiger partial charge in [-0.1, -0.05) is 145 Å². The Balaban J connectivity index is 4.01. The number of ether oxygens (including phenoxy) is 2. The first-order chi connectivity index (χ1) is 25.3. The van der Waals surface area contributed by atoms with Gasteiger partial charge in [-0.2, -0.15) is 0 Å². The highest BCUT2D eigenvalue weighted by Crippen LogP contribution is 2.36. The summed E-state index contributed by atoms with van der Waals surface area (Å²) in [5.41, 5.74) is 0. The molecule has 1 atom stereocenters. The maximum absolute atomic E-state index is 12.4. The van der Waals surface area contributed by atoms with Crippen LogP contribution in [0, 0.1) is 0 Å². The van der Waals surface area contributed by atoms with Crippen LogP contribution in [-0.2, 0) is 28.2 Å². The van der Waals surface area contributed by atoms with Crippen molar-refractivity contribution in [2.24, 2.45) is 0 Å². The molecule has 52 heavy (non-hydrogen) atoms. The summed E-state index contributed by atoms with van der Waals surface area (Å²) in [5.74, 6) is -0.944. The number of phosphoric acid groups is 1. The van der Waals surface area contributed by atoms with Gasteiger partial charge in [0.25, 0.3) is 0 Å². The van der Waals surface area contributed by atoms with Crippen molar-refractivity contribution in [3.8, 4) is 0 Å². The first-order valence-electron chi connectivity index (χ1n) is 20.2. The predicted octanol–water partition coefficient (Wildman–Crippen LogP) is 12.3. The Labute approximate surface area is 317 Å². The van der Waals surface area contributed by atoms with Gasteiger partial charge in [-0.25, -0.2) is 4.57 Å². The maximum Gasteiger partial charge on any atom is 0.469 e. The molecule has 8 nitrogen and oxygen atoms in total. The molecule has 298 valence electrons. The van der Waals surface area contributed by atoms with Gasteiger partial charge in [0.05, 0.1) is 6.61 Å². The van der Waals surface area contributed by atoms with E-state index in [0.29, 0.717) is 12.8 Å². The summed E-state index contributed by atoms with van der Waals surface area (Å²) in [6.45, 7) is 3.50. The number of carbonyl (C=O) groups excluding carboxylic acids is 2. The van der Waals surface area contributed by atoms with Gasteiger partial charge < -0.3 is 19.3 Å². The fraction of sp³-hybridized carbons (Fsp3) is 0.674. The van der Waals surface area contributed by atoms with Gasteiger partial charge >= 0.3 is 19.8 Å². The van der Waals surface area contributed by atoms with Crippen molar-refractivity contribution in [2.45, 2.75) is 174 Å². The molecule has 0 saturated carbocycles. The fourth-order valence-electron chi connectivity index (χ4n) is 5.22. The number of hydrogen-bond acceptors (Lipinski definition) is 6. The van der Waals surface area contributed by atoms with Gasteiger partial charge in [-0.3, -0.25) is 14.1 Å². The van der Waals surface area contributed by atoms with Crippen LogP contribution in [0.2, 0.25) is 0 Å². The minimum absolute atomic E-state index is 0.194. The van der Waals surface area contributed by atoms with E-state index in [1.165, 1.54) is 57.8 Å². The van der Waals surface area contributed by atoms with Crippen molar-refractivity contribution in [1.82, 2.24) is 0 Å². The summed E-state index contributed by atoms with van der Waals surface area (Å²) in [5, 5.41) is 0. The third-order valence-corrected chi connectivity index (χ3v) is 8.69. The van der Waals surface area contributed by atoms with Gasteiger partial charge in [-0.15, -0.1) is 0 Å². The van der Waals surface area contributed by atoms with E-state index in [4.69, 9.17) is 19.3 Å². The Morgan fingerprint density at radius 1 is 0.519 bits per heavy atom. The lowest BCUT2D eigenvalue weighted by molar-refractivity contribution is -0.161. The van der Waals surface area contributed by atoms with Crippen LogP contribution in [0.25, 0.3) is 0 Å². The number of allylic oxidation sites excluding steroid dienone is 12. The number of unbranched alkanes of at least 4 members (excludes halogenated alkanes) is 14. The summed E-state index contributed by atoms with van der Waals surface area (Å²) in [7, 11) is -4.77. The van der Waals surface area contributed by atoms with E-state index in [1.54, 1.807) is 0 Å². The zero-order chi connectivity index (χ0) is 38.2. The standard InChI is InChI=1S/C43H73O8P/c1-3-5-7-9-11-13-15-17-19-20-21-22-24-26-28-30-32-34-36-38-43(45)51-41(40-50-52(46,47)48)39-49-42(44)37-35-33-31-29-27-25-23-18-16-14-12-10-8-6-4-2/h6,8,11-14,17-19,23,27,29,41H,3-5,7,9-10,15-16,20-22,24-26,28,30-40H2,1-2H3,(H2,46,47,48)/b8-6+,13-11+,14-12+,19-17+,23-18+,29-27+/t41-/m1/s1. The number of rotatable bonds is 36. The monoisotopic (exact) mass is 749 g/mol. The zero-order valence-corrected chi connectivity index (χ0v) is 33.6. The molecule has 0 bridgehead atoms. The normalized spacial score (nSPS) is 13.2. The third kappa shape index (κ3) is 40.3. The quantitative estimate of drug-likeness (QED) is 0.0281. The smallest absolute Gasteiger partial charge is 0.462 e. The summed E-state index contributed by atoms with van der Waals surface area (Å²) < 4.78 is 26.3. The largest absolute Gasteiger partial charge is 0.469 e. The van der Waals surface area contributed by atoms with Gasteiger partial charge in [0.1, 0.15) is 6.61 Å². The average Bonchev–Trinajstić information content (AvgIpc) is 3.11. The van der Waals surface area contributed by atoms with Crippen LogP contribution in [0.5, 0.6) is 0 Å². The molecule has 0 heterocycles. The highest BCUT2D eigenvalue weighted by Gasteiger charge is 2.22. The summed E-state index contributed by atoms with van der Waals surface area (Å²) in [6.07, 6.45) is 49.1. The van der Waals surface area contributed by atoms with Gasteiger partial charge in [0, 0.05) is 12.8 Å². The van der Waals surface area contributed by atoms with Crippen LogP contribution < -0.4 is 0 Å². The second kappa shape index (κ2) is 38.2. The number of esters is 2. The van der Waals surface area contributed by atoms with Crippen molar-refractivity contribution < 1.29 is 37.9 Å². The van der Waals surface area contributed by atoms with Crippen LogP contribution in [0.4, 0.5) is 0 Å². The molecule has 0 amide bonds. The fourth-order valence-corrected chi connectivity index (χ4v) is 5.58. The molecule has 0 aliphatic heterocycles. The van der Waals surface area contributed by atoms with Gasteiger partial charge in [0.15, 0.2) is 6.10 Å². The van der Waals surface area contributed by atoms with E-state index in [2.05, 4.69) is 91.3 Å². The van der Waals surface area contributed by atoms with E-state index in [9.17, 15) is 14.2 Å². The summed E-state index contributed by atoms with van der Waals surface area (Å²) >= 11 is 0. The topological polar surface area (TPSA) is 119 Å². The first kappa shape index (κ1) is 49.5. The molecule has 0 unspecified atom stereocenters. The van der Waals surface area contributed by atoms with Crippen molar-refractivity contribution in [3.63, 3.8) is 0 Å². The molecular formula is C43H73O8P. The second-order valence-electron chi connectivity index (χ2n) is 13.2. The maximum atomic E-state index is 12.4. The Kier molecular flexibility index (Phi) is 36.4. The molecule has 0 saturated heterocycles. The number of hydrogen-bond donors (Lipinski definition) is 2. The van der Waals surface area contributed by atoms with Crippen LogP contribution in [0.15, 0.2) is 72.9 Å². The minimum Gasteiger partial charge on any atom is -0.462 e. The van der Waals surface area contributed by atoms with Crippen molar-refractivity contribution in [3.05, 3.63) is 72.9 Å². The lowest BCUT2D eigenvalue weighted by Crippen LogP contribution is -2.29. The Morgan fingerprint density at radius 3 is 1.42 bits per heavy atom. The molecule has 0 fully saturated rings. The number of carbonyl (C=O) groups is 2. The minimum atomic E-state index is -4.77. The van der Waals surface area contributed by atoms with Crippen molar-refractivity contribution in [2.75, 3.05) is 13.2 Å². The lowest BCUT2D eigenvalue weighted by Gasteiger charge is -2.18. The molecule has 0 rings (SSSR count). The molecule has 0 spiro atoms.